The molecule has 0 radical (unpaired) electrons. The van der Waals surface area contributed by atoms with Gasteiger partial charge in [0.15, 0.2) is 0 Å². The van der Waals surface area contributed by atoms with Crippen LogP contribution >= 0.6 is 11.6 Å². The Morgan fingerprint density at radius 1 is 1.10 bits per heavy atom. The monoisotopic (exact) mass is 417 g/mol. The topological polar surface area (TPSA) is 70.7 Å². The fourth-order valence-corrected chi connectivity index (χ4v) is 3.03. The molecule has 0 saturated heterocycles. The molecule has 0 aliphatic heterocycles. The highest BCUT2D eigenvalue weighted by Crippen LogP contribution is 2.25. The van der Waals surface area contributed by atoms with E-state index in [1.807, 2.05) is 43.3 Å². The molecule has 1 atom stereocenters. The summed E-state index contributed by atoms with van der Waals surface area (Å²) in [5, 5.41) is 6.24. The van der Waals surface area contributed by atoms with E-state index in [0.29, 0.717) is 22.8 Å². The van der Waals surface area contributed by atoms with Crippen molar-refractivity contribution >= 4 is 29.3 Å². The smallest absolute Gasteiger partial charge is 0.412 e. The molecule has 0 aliphatic carbocycles. The molecule has 2 aromatic rings. The molecule has 29 heavy (non-hydrogen) atoms. The summed E-state index contributed by atoms with van der Waals surface area (Å²) in [5.41, 5.74) is 1.27. The van der Waals surface area contributed by atoms with E-state index in [4.69, 9.17) is 16.3 Å². The summed E-state index contributed by atoms with van der Waals surface area (Å²) in [4.78, 5) is 26.6. The second-order valence-corrected chi connectivity index (χ2v) is 8.33. The molecule has 7 heteroatoms. The van der Waals surface area contributed by atoms with Crippen molar-refractivity contribution in [2.45, 2.75) is 32.4 Å². The maximum atomic E-state index is 12.6. The number of anilines is 1. The molecule has 2 rings (SSSR count). The Balaban J connectivity index is 2.05. The molecule has 0 spiro atoms. The van der Waals surface area contributed by atoms with Crippen molar-refractivity contribution in [3.8, 4) is 0 Å². The average Bonchev–Trinajstić information content (AvgIpc) is 2.61. The van der Waals surface area contributed by atoms with Gasteiger partial charge in [0, 0.05) is 22.8 Å². The van der Waals surface area contributed by atoms with Crippen LogP contribution in [0.2, 0.25) is 5.02 Å². The van der Waals surface area contributed by atoms with Crippen LogP contribution in [0.4, 0.5) is 10.5 Å². The lowest BCUT2D eigenvalue weighted by atomic mass is 10.1. The number of likely N-dealkylation sites (N-methyl/N-ethyl adjacent to an activating group) is 1. The van der Waals surface area contributed by atoms with Gasteiger partial charge in [-0.25, -0.2) is 4.79 Å². The van der Waals surface area contributed by atoms with Crippen LogP contribution in [-0.4, -0.2) is 43.1 Å². The number of halogens is 1. The largest absolute Gasteiger partial charge is 0.444 e. The summed E-state index contributed by atoms with van der Waals surface area (Å²) in [5.74, 6) is -0.239. The van der Waals surface area contributed by atoms with Crippen molar-refractivity contribution in [2.75, 3.05) is 26.0 Å². The Kier molecular flexibility index (Phi) is 7.65. The number of ether oxygens (including phenoxy) is 1. The minimum atomic E-state index is -0.598. The number of benzene rings is 2. The van der Waals surface area contributed by atoms with Gasteiger partial charge in [-0.3, -0.25) is 10.1 Å². The average molecular weight is 418 g/mol. The molecule has 156 valence electrons. The van der Waals surface area contributed by atoms with Gasteiger partial charge in [-0.2, -0.15) is 0 Å². The van der Waals surface area contributed by atoms with Crippen LogP contribution in [0.15, 0.2) is 48.5 Å². The van der Waals surface area contributed by atoms with Gasteiger partial charge in [-0.1, -0.05) is 35.9 Å². The Morgan fingerprint density at radius 2 is 1.79 bits per heavy atom. The van der Waals surface area contributed by atoms with Gasteiger partial charge < -0.3 is 15.0 Å². The Morgan fingerprint density at radius 3 is 2.41 bits per heavy atom. The minimum absolute atomic E-state index is 0.0734. The second kappa shape index (κ2) is 9.76. The van der Waals surface area contributed by atoms with Gasteiger partial charge in [0.1, 0.15) is 5.60 Å². The van der Waals surface area contributed by atoms with Gasteiger partial charge in [0.05, 0.1) is 6.04 Å². The predicted molar refractivity (Wildman–Crippen MR) is 117 cm³/mol. The molecule has 1 unspecified atom stereocenters. The van der Waals surface area contributed by atoms with E-state index in [1.54, 1.807) is 45.0 Å². The maximum Gasteiger partial charge on any atom is 0.412 e. The molecule has 0 saturated carbocycles. The van der Waals surface area contributed by atoms with E-state index in [-0.39, 0.29) is 11.9 Å². The quantitative estimate of drug-likeness (QED) is 0.713. The molecule has 6 nitrogen and oxygen atoms in total. The first kappa shape index (κ1) is 22.7. The van der Waals surface area contributed by atoms with Gasteiger partial charge in [-0.15, -0.1) is 0 Å². The van der Waals surface area contributed by atoms with E-state index in [1.165, 1.54) is 0 Å². The van der Waals surface area contributed by atoms with Gasteiger partial charge in [-0.05, 0) is 64.7 Å². The lowest BCUT2D eigenvalue weighted by Crippen LogP contribution is -2.34. The third-order valence-corrected chi connectivity index (χ3v) is 4.46. The number of amides is 2. The predicted octanol–water partition coefficient (Wildman–Crippen LogP) is 4.72. The maximum absolute atomic E-state index is 12.6. The highest BCUT2D eigenvalue weighted by molar-refractivity contribution is 6.31. The first-order valence-electron chi connectivity index (χ1n) is 9.36. The summed E-state index contributed by atoms with van der Waals surface area (Å²) >= 11 is 6.32. The first-order valence-corrected chi connectivity index (χ1v) is 9.74. The zero-order valence-electron chi connectivity index (χ0n) is 17.5. The zero-order chi connectivity index (χ0) is 21.6. The molecule has 2 N–H and O–H groups in total. The third-order valence-electron chi connectivity index (χ3n) is 4.11. The van der Waals surface area contributed by atoms with Crippen LogP contribution < -0.4 is 10.6 Å². The summed E-state index contributed by atoms with van der Waals surface area (Å²) in [6, 6.07) is 14.2. The number of nitrogens with one attached hydrogen (secondary N) is 2. The van der Waals surface area contributed by atoms with Crippen LogP contribution in [0, 0.1) is 0 Å². The van der Waals surface area contributed by atoms with Crippen LogP contribution in [-0.2, 0) is 4.74 Å². The van der Waals surface area contributed by atoms with Crippen molar-refractivity contribution in [1.82, 2.24) is 10.2 Å². The van der Waals surface area contributed by atoms with E-state index < -0.39 is 11.7 Å². The highest BCUT2D eigenvalue weighted by atomic mass is 35.5. The van der Waals surface area contributed by atoms with E-state index >= 15 is 0 Å². The van der Waals surface area contributed by atoms with E-state index in [0.717, 1.165) is 5.56 Å². The first-order chi connectivity index (χ1) is 13.6. The summed E-state index contributed by atoms with van der Waals surface area (Å²) in [6.07, 6.45) is -0.568. The van der Waals surface area contributed by atoms with Crippen molar-refractivity contribution < 1.29 is 14.3 Å². The molecule has 0 aromatic heterocycles. The van der Waals surface area contributed by atoms with Gasteiger partial charge in [0.25, 0.3) is 5.91 Å². The minimum Gasteiger partial charge on any atom is -0.444 e. The zero-order valence-corrected chi connectivity index (χ0v) is 18.2. The van der Waals surface area contributed by atoms with Crippen LogP contribution in [0.3, 0.4) is 0 Å². The molecule has 2 amide bonds. The molecule has 0 bridgehead atoms. The number of carbonyl (C=O) groups is 2. The number of carbonyl (C=O) groups excluding carboxylic acids is 2. The highest BCUT2D eigenvalue weighted by Gasteiger charge is 2.19. The summed E-state index contributed by atoms with van der Waals surface area (Å²) in [6.45, 7) is 5.75. The second-order valence-electron chi connectivity index (χ2n) is 7.92. The molecule has 0 fully saturated rings. The molecule has 0 aliphatic rings. The Bertz CT molecular complexity index is 862. The van der Waals surface area contributed by atoms with Gasteiger partial charge in [0.2, 0.25) is 0 Å². The normalized spacial score (nSPS) is 12.4. The number of hydrogen-bond donors (Lipinski definition) is 2. The fourth-order valence-electron chi connectivity index (χ4n) is 2.77. The standard InChI is InChI=1S/C22H28ClN3O3/c1-22(2,3)29-21(28)25-16-10-8-9-15(13-16)20(27)24-14-19(26(4)5)17-11-6-7-12-18(17)23/h6-13,19H,14H2,1-5H3,(H,24,27)(H,25,28). The van der Waals surface area contributed by atoms with Crippen molar-refractivity contribution in [3.05, 3.63) is 64.7 Å². The van der Waals surface area contributed by atoms with Crippen LogP contribution in [0.5, 0.6) is 0 Å². The van der Waals surface area contributed by atoms with E-state index in [2.05, 4.69) is 10.6 Å². The molecular formula is C22H28ClN3O3. The fraction of sp³-hybridized carbons (Fsp3) is 0.364. The van der Waals surface area contributed by atoms with Gasteiger partial charge >= 0.3 is 6.09 Å². The number of rotatable bonds is 6. The third kappa shape index (κ3) is 7.07. The SMILES string of the molecule is CN(C)C(CNC(=O)c1cccc(NC(=O)OC(C)(C)C)c1)c1ccccc1Cl. The number of nitrogens with zero attached hydrogens (tertiary/aromatic N) is 1. The Hall–Kier alpha value is -2.57. The van der Waals surface area contributed by atoms with E-state index in [9.17, 15) is 9.59 Å². The Labute approximate surface area is 177 Å². The lowest BCUT2D eigenvalue weighted by molar-refractivity contribution is 0.0635. The van der Waals surface area contributed by atoms with Crippen molar-refractivity contribution in [2.24, 2.45) is 0 Å². The lowest BCUT2D eigenvalue weighted by Gasteiger charge is -2.26. The molecule has 2 aromatic carbocycles. The van der Waals surface area contributed by atoms with Crippen LogP contribution in [0.25, 0.3) is 0 Å². The van der Waals surface area contributed by atoms with Crippen LogP contribution in [0.1, 0.15) is 42.7 Å². The van der Waals surface area contributed by atoms with Crippen molar-refractivity contribution in [3.63, 3.8) is 0 Å². The number of hydrogen-bond acceptors (Lipinski definition) is 4. The van der Waals surface area contributed by atoms with Crippen molar-refractivity contribution in [1.29, 1.82) is 0 Å². The summed E-state index contributed by atoms with van der Waals surface area (Å²) < 4.78 is 5.24. The summed E-state index contributed by atoms with van der Waals surface area (Å²) in [7, 11) is 3.87. The molecule has 0 heterocycles. The molecular weight excluding hydrogens is 390 g/mol.